The molecular formula is C11H15FN6O4. The van der Waals surface area contributed by atoms with E-state index in [1.165, 1.54) is 12.3 Å². The van der Waals surface area contributed by atoms with Crippen molar-refractivity contribution in [2.45, 2.75) is 31.2 Å². The lowest BCUT2D eigenvalue weighted by Crippen LogP contribution is -2.43. The summed E-state index contributed by atoms with van der Waals surface area (Å²) < 4.78 is 20.2. The summed E-state index contributed by atoms with van der Waals surface area (Å²) in [7, 11) is 0. The molecule has 11 heteroatoms. The van der Waals surface area contributed by atoms with Crippen molar-refractivity contribution < 1.29 is 19.3 Å². The van der Waals surface area contributed by atoms with Gasteiger partial charge in [0.05, 0.1) is 6.61 Å². The van der Waals surface area contributed by atoms with Gasteiger partial charge in [-0.25, -0.2) is 9.18 Å². The van der Waals surface area contributed by atoms with Crippen molar-refractivity contribution in [1.29, 1.82) is 0 Å². The van der Waals surface area contributed by atoms with Gasteiger partial charge in [-0.1, -0.05) is 5.11 Å². The number of azide groups is 1. The van der Waals surface area contributed by atoms with Gasteiger partial charge in [-0.15, -0.1) is 0 Å². The Bertz CT molecular complexity index is 648. The first-order chi connectivity index (χ1) is 10.5. The SMILES string of the molecule is CCNc1ccn([C@@H]2O[C@@](CO)(N=[N+]=[N-])C(O)[C@@H]2F)c(=O)n1. The lowest BCUT2D eigenvalue weighted by molar-refractivity contribution is -0.124. The van der Waals surface area contributed by atoms with Crippen LogP contribution in [0, 0.1) is 0 Å². The molecule has 120 valence electrons. The van der Waals surface area contributed by atoms with E-state index in [0.717, 1.165) is 4.57 Å². The van der Waals surface area contributed by atoms with Crippen LogP contribution in [0.4, 0.5) is 10.2 Å². The molecule has 1 aromatic rings. The maximum Gasteiger partial charge on any atom is 0.351 e. The number of nitrogens with zero attached hydrogens (tertiary/aromatic N) is 5. The van der Waals surface area contributed by atoms with Crippen molar-refractivity contribution in [3.63, 3.8) is 0 Å². The molecule has 22 heavy (non-hydrogen) atoms. The topological polar surface area (TPSA) is 145 Å². The highest BCUT2D eigenvalue weighted by atomic mass is 19.1. The van der Waals surface area contributed by atoms with Crippen LogP contribution in [0.15, 0.2) is 22.2 Å². The lowest BCUT2D eigenvalue weighted by atomic mass is 10.1. The van der Waals surface area contributed by atoms with E-state index in [1.54, 1.807) is 0 Å². The van der Waals surface area contributed by atoms with Crippen LogP contribution in [0.2, 0.25) is 0 Å². The average Bonchev–Trinajstić information content (AvgIpc) is 2.74. The van der Waals surface area contributed by atoms with Crippen molar-refractivity contribution >= 4 is 5.82 Å². The van der Waals surface area contributed by atoms with Gasteiger partial charge in [-0.05, 0) is 18.5 Å². The second-order valence-electron chi connectivity index (χ2n) is 4.62. The molecule has 1 saturated heterocycles. The van der Waals surface area contributed by atoms with Gasteiger partial charge in [-0.2, -0.15) is 4.98 Å². The number of nitrogens with one attached hydrogen (secondary N) is 1. The molecule has 1 aliphatic heterocycles. The van der Waals surface area contributed by atoms with Gasteiger partial charge in [0.2, 0.25) is 5.72 Å². The number of aromatic nitrogens is 2. The molecule has 10 nitrogen and oxygen atoms in total. The molecule has 4 atom stereocenters. The van der Waals surface area contributed by atoms with E-state index in [4.69, 9.17) is 10.3 Å². The molecule has 1 fully saturated rings. The van der Waals surface area contributed by atoms with E-state index in [2.05, 4.69) is 20.3 Å². The maximum absolute atomic E-state index is 14.2. The third-order valence-electron chi connectivity index (χ3n) is 3.26. The maximum atomic E-state index is 14.2. The fourth-order valence-electron chi connectivity index (χ4n) is 2.17. The number of aliphatic hydroxyl groups is 2. The minimum absolute atomic E-state index is 0.307. The van der Waals surface area contributed by atoms with Gasteiger partial charge in [0.15, 0.2) is 12.4 Å². The van der Waals surface area contributed by atoms with Crippen LogP contribution in [0.5, 0.6) is 0 Å². The minimum atomic E-state index is -2.18. The number of ether oxygens (including phenoxy) is 1. The van der Waals surface area contributed by atoms with Crippen LogP contribution < -0.4 is 11.0 Å². The van der Waals surface area contributed by atoms with Gasteiger partial charge in [-0.3, -0.25) is 4.57 Å². The molecule has 0 saturated carbocycles. The third-order valence-corrected chi connectivity index (χ3v) is 3.26. The Morgan fingerprint density at radius 3 is 3.00 bits per heavy atom. The molecular weight excluding hydrogens is 299 g/mol. The molecule has 1 aromatic heterocycles. The van der Waals surface area contributed by atoms with Crippen LogP contribution in [-0.2, 0) is 4.74 Å². The van der Waals surface area contributed by atoms with Crippen molar-refractivity contribution in [3.8, 4) is 0 Å². The van der Waals surface area contributed by atoms with Crippen LogP contribution in [-0.4, -0.2) is 50.9 Å². The Labute approximate surface area is 123 Å². The zero-order valence-corrected chi connectivity index (χ0v) is 11.6. The van der Waals surface area contributed by atoms with Crippen LogP contribution in [0.1, 0.15) is 13.2 Å². The van der Waals surface area contributed by atoms with E-state index >= 15 is 0 Å². The fraction of sp³-hybridized carbons (Fsp3) is 0.636. The number of anilines is 1. The zero-order valence-electron chi connectivity index (χ0n) is 11.6. The van der Waals surface area contributed by atoms with Gasteiger partial charge >= 0.3 is 5.69 Å². The first-order valence-electron chi connectivity index (χ1n) is 6.49. The summed E-state index contributed by atoms with van der Waals surface area (Å²) in [6.45, 7) is 1.43. The number of aliphatic hydroxyl groups excluding tert-OH is 2. The largest absolute Gasteiger partial charge is 0.393 e. The summed E-state index contributed by atoms with van der Waals surface area (Å²) >= 11 is 0. The molecule has 0 radical (unpaired) electrons. The van der Waals surface area contributed by atoms with E-state index in [1.807, 2.05) is 6.92 Å². The second-order valence-corrected chi connectivity index (χ2v) is 4.62. The molecule has 0 aromatic carbocycles. The van der Waals surface area contributed by atoms with Gasteiger partial charge in [0, 0.05) is 17.7 Å². The number of rotatable bonds is 5. The predicted octanol–water partition coefficient (Wildman–Crippen LogP) is -0.0982. The predicted molar refractivity (Wildman–Crippen MR) is 72.6 cm³/mol. The van der Waals surface area contributed by atoms with Gasteiger partial charge in [0.1, 0.15) is 11.9 Å². The Balaban J connectivity index is 2.38. The Hall–Kier alpha value is -2.20. The Morgan fingerprint density at radius 2 is 2.45 bits per heavy atom. The number of alkyl halides is 1. The normalized spacial score (nSPS) is 30.8. The zero-order chi connectivity index (χ0) is 16.3. The minimum Gasteiger partial charge on any atom is -0.393 e. The van der Waals surface area contributed by atoms with Crippen molar-refractivity contribution in [3.05, 3.63) is 33.2 Å². The molecule has 0 spiro atoms. The molecule has 2 heterocycles. The third kappa shape index (κ3) is 2.62. The lowest BCUT2D eigenvalue weighted by Gasteiger charge is -2.23. The Kier molecular flexibility index (Phi) is 4.62. The fourth-order valence-corrected chi connectivity index (χ4v) is 2.17. The van der Waals surface area contributed by atoms with E-state index < -0.39 is 36.5 Å². The number of hydrogen-bond acceptors (Lipinski definition) is 7. The molecule has 0 amide bonds. The van der Waals surface area contributed by atoms with Crippen molar-refractivity contribution in [1.82, 2.24) is 9.55 Å². The summed E-state index contributed by atoms with van der Waals surface area (Å²) in [4.78, 5) is 18.1. The van der Waals surface area contributed by atoms with Crippen LogP contribution in [0.3, 0.4) is 0 Å². The smallest absolute Gasteiger partial charge is 0.351 e. The standard InChI is InChI=1S/C11H15FN6O4/c1-2-14-6-3-4-18(10(21)15-6)9-7(12)8(20)11(5-19,22-9)16-17-13/h3-4,7-9,19-20H,2,5H2,1H3,(H,14,15,21)/t7-,8?,9+,11+/m0/s1. The highest BCUT2D eigenvalue weighted by Crippen LogP contribution is 2.39. The molecule has 0 bridgehead atoms. The van der Waals surface area contributed by atoms with E-state index in [-0.39, 0.29) is 0 Å². The van der Waals surface area contributed by atoms with Gasteiger partial charge in [0.25, 0.3) is 0 Å². The summed E-state index contributed by atoms with van der Waals surface area (Å²) in [5, 5.41) is 25.0. The summed E-state index contributed by atoms with van der Waals surface area (Å²) in [5.74, 6) is 0.307. The van der Waals surface area contributed by atoms with Crippen molar-refractivity contribution in [2.75, 3.05) is 18.5 Å². The van der Waals surface area contributed by atoms with Gasteiger partial charge < -0.3 is 20.3 Å². The molecule has 3 N–H and O–H groups in total. The molecule has 0 aliphatic carbocycles. The Morgan fingerprint density at radius 1 is 1.73 bits per heavy atom. The average molecular weight is 314 g/mol. The summed E-state index contributed by atoms with van der Waals surface area (Å²) in [6.07, 6.45) is -4.33. The van der Waals surface area contributed by atoms with E-state index in [0.29, 0.717) is 12.4 Å². The molecule has 1 unspecified atom stereocenters. The molecule has 2 rings (SSSR count). The summed E-state index contributed by atoms with van der Waals surface area (Å²) in [6, 6.07) is 1.43. The van der Waals surface area contributed by atoms with E-state index in [9.17, 15) is 19.4 Å². The molecule has 1 aliphatic rings. The monoisotopic (exact) mass is 314 g/mol. The van der Waals surface area contributed by atoms with Crippen LogP contribution >= 0.6 is 0 Å². The first-order valence-corrected chi connectivity index (χ1v) is 6.49. The highest BCUT2D eigenvalue weighted by Gasteiger charge is 2.56. The quantitative estimate of drug-likeness (QED) is 0.393. The number of hydrogen-bond donors (Lipinski definition) is 3. The summed E-state index contributed by atoms with van der Waals surface area (Å²) in [5.41, 5.74) is 5.48. The second kappa shape index (κ2) is 6.28. The van der Waals surface area contributed by atoms with Crippen LogP contribution in [0.25, 0.3) is 10.4 Å². The highest BCUT2D eigenvalue weighted by molar-refractivity contribution is 5.31. The number of halogens is 1. The van der Waals surface area contributed by atoms with Crippen molar-refractivity contribution in [2.24, 2.45) is 5.11 Å². The first kappa shape index (κ1) is 16.2.